The number of ether oxygens (including phenoxy) is 2. The van der Waals surface area contributed by atoms with Crippen molar-refractivity contribution >= 4 is 12.1 Å². The Bertz CT molecular complexity index is 548. The molecule has 0 aromatic heterocycles. The van der Waals surface area contributed by atoms with Gasteiger partial charge in [-0.1, -0.05) is 36.9 Å². The average molecular weight is 279 g/mol. The zero-order chi connectivity index (χ0) is 16.8. The Morgan fingerprint density at radius 1 is 1.40 bits per heavy atom. The number of hydrogen-bond donors (Lipinski definition) is 1. The van der Waals surface area contributed by atoms with Crippen molar-refractivity contribution in [1.82, 2.24) is 0 Å². The second kappa shape index (κ2) is 6.75. The molecule has 2 N–H and O–H groups in total. The van der Waals surface area contributed by atoms with Gasteiger partial charge in [0.15, 0.2) is 2.82 Å². The molecule has 0 aliphatic rings. The Morgan fingerprint density at radius 2 is 2.05 bits per heavy atom. The fourth-order valence-corrected chi connectivity index (χ4v) is 1.70. The highest BCUT2D eigenvalue weighted by atomic mass is 16.6. The fourth-order valence-electron chi connectivity index (χ4n) is 1.70. The normalized spacial score (nSPS) is 14.3. The Kier molecular flexibility index (Phi) is 4.29. The van der Waals surface area contributed by atoms with Crippen molar-refractivity contribution in [2.75, 3.05) is 6.61 Å². The van der Waals surface area contributed by atoms with E-state index >= 15 is 0 Å². The van der Waals surface area contributed by atoms with Crippen LogP contribution in [0.2, 0.25) is 2.82 Å². The second-order valence-electron chi connectivity index (χ2n) is 4.63. The van der Waals surface area contributed by atoms with Gasteiger partial charge in [0.05, 0.1) is 6.61 Å². The van der Waals surface area contributed by atoms with E-state index in [2.05, 4.69) is 6.58 Å². The molecule has 0 bridgehead atoms. The summed E-state index contributed by atoms with van der Waals surface area (Å²) in [4.78, 5) is 22.9. The van der Waals surface area contributed by atoms with Gasteiger partial charge in [0.1, 0.15) is 5.60 Å². The van der Waals surface area contributed by atoms with Gasteiger partial charge >= 0.3 is 12.1 Å². The highest BCUT2D eigenvalue weighted by Crippen LogP contribution is 2.29. The molecule has 5 heteroatoms. The van der Waals surface area contributed by atoms with Gasteiger partial charge in [-0.05, 0) is 19.4 Å². The van der Waals surface area contributed by atoms with Crippen molar-refractivity contribution in [2.24, 2.45) is 5.72 Å². The number of nitrogens with two attached hydrogens (primary N) is 1. The van der Waals surface area contributed by atoms with Crippen molar-refractivity contribution in [2.45, 2.75) is 25.9 Å². The van der Waals surface area contributed by atoms with Crippen LogP contribution in [0.4, 0.5) is 4.79 Å². The summed E-state index contributed by atoms with van der Waals surface area (Å²) in [6.45, 7) is 6.67. The summed E-state index contributed by atoms with van der Waals surface area (Å²) in [6, 6.07) is 8.88. The van der Waals surface area contributed by atoms with Gasteiger partial charge in [-0.25, -0.2) is 9.59 Å². The van der Waals surface area contributed by atoms with Crippen LogP contribution in [0.15, 0.2) is 42.5 Å². The Hall–Kier alpha value is -2.30. The molecule has 0 saturated heterocycles. The standard InChI is InChI=1S/C15H19NO4/c1-11(2)13(17)19-10-9-15(3,20-14(16)18)12-7-5-4-6-8-12/h4-8H,1,9-10H2,2-3H3,(H2,16,18)/i/hD2. The van der Waals surface area contributed by atoms with E-state index in [1.165, 1.54) is 6.92 Å². The van der Waals surface area contributed by atoms with Gasteiger partial charge in [-0.2, -0.15) is 0 Å². The zero-order valence-corrected chi connectivity index (χ0v) is 11.6. The van der Waals surface area contributed by atoms with Crippen molar-refractivity contribution in [3.8, 4) is 0 Å². The van der Waals surface area contributed by atoms with E-state index < -0.39 is 17.7 Å². The summed E-state index contributed by atoms with van der Waals surface area (Å²) >= 11 is 0. The molecule has 0 saturated carbocycles. The van der Waals surface area contributed by atoms with E-state index in [0.717, 1.165) is 0 Å². The molecule has 0 fully saturated rings. The number of hydrogen-bond acceptors (Lipinski definition) is 4. The molecule has 1 amide bonds. The number of rotatable bonds is 6. The predicted molar refractivity (Wildman–Crippen MR) is 74.9 cm³/mol. The summed E-state index contributed by atoms with van der Waals surface area (Å²) in [5.74, 6) is -0.524. The van der Waals surface area contributed by atoms with Crippen LogP contribution >= 0.6 is 0 Å². The van der Waals surface area contributed by atoms with Crippen molar-refractivity contribution in [3.63, 3.8) is 0 Å². The van der Waals surface area contributed by atoms with Gasteiger partial charge < -0.3 is 15.2 Å². The first kappa shape index (κ1) is 12.7. The van der Waals surface area contributed by atoms with E-state index in [-0.39, 0.29) is 24.3 Å². The average Bonchev–Trinajstić information content (AvgIpc) is 2.47. The summed E-state index contributed by atoms with van der Waals surface area (Å²) in [7, 11) is 0. The van der Waals surface area contributed by atoms with E-state index in [1.807, 2.05) is 6.07 Å². The second-order valence-corrected chi connectivity index (χ2v) is 4.63. The van der Waals surface area contributed by atoms with Gasteiger partial charge in [-0.3, -0.25) is 0 Å². The lowest BCUT2D eigenvalue weighted by Gasteiger charge is -2.29. The number of primary amides is 1. The molecule has 1 rings (SSSR count). The molecule has 0 radical (unpaired) electrons. The zero-order valence-electron chi connectivity index (χ0n) is 13.6. The molecule has 0 spiro atoms. The van der Waals surface area contributed by atoms with Gasteiger partial charge in [0.2, 0.25) is 0 Å². The lowest BCUT2D eigenvalue weighted by molar-refractivity contribution is -0.140. The largest absolute Gasteiger partial charge is 0.462 e. The van der Waals surface area contributed by atoms with Crippen molar-refractivity contribution in [1.29, 1.82) is 0 Å². The molecule has 108 valence electrons. The lowest BCUT2D eigenvalue weighted by Crippen LogP contribution is -2.33. The molecule has 1 aromatic carbocycles. The van der Waals surface area contributed by atoms with E-state index in [4.69, 9.17) is 12.3 Å². The first-order chi connectivity index (χ1) is 10.3. The molecule has 1 aromatic rings. The number of carbonyl (C=O) groups excluding carboxylic acids is 2. The molecular weight excluding hydrogens is 258 g/mol. The molecule has 0 aliphatic heterocycles. The third kappa shape index (κ3) is 4.42. The van der Waals surface area contributed by atoms with Gasteiger partial charge in [-0.15, -0.1) is 0 Å². The minimum Gasteiger partial charge on any atom is -0.462 e. The number of esters is 1. The summed E-state index contributed by atoms with van der Waals surface area (Å²) in [5, 5.41) is 0. The number of carbonyl (C=O) groups is 2. The van der Waals surface area contributed by atoms with Crippen LogP contribution in [-0.4, -0.2) is 18.7 Å². The van der Waals surface area contributed by atoms with Crippen LogP contribution in [0.3, 0.4) is 0 Å². The Morgan fingerprint density at radius 3 is 2.60 bits per heavy atom. The van der Waals surface area contributed by atoms with E-state index in [0.29, 0.717) is 5.56 Å². The highest BCUT2D eigenvalue weighted by Gasteiger charge is 2.30. The van der Waals surface area contributed by atoms with Crippen molar-refractivity contribution in [3.05, 3.63) is 48.0 Å². The Balaban J connectivity index is 2.85. The monoisotopic (exact) mass is 279 g/mol. The summed E-state index contributed by atoms with van der Waals surface area (Å²) in [5.41, 5.74) is -0.298. The van der Waals surface area contributed by atoms with Crippen LogP contribution in [0.25, 0.3) is 0 Å². The smallest absolute Gasteiger partial charge is 0.405 e. The van der Waals surface area contributed by atoms with Crippen molar-refractivity contribution < 1.29 is 21.9 Å². The molecule has 20 heavy (non-hydrogen) atoms. The fraction of sp³-hybridized carbons (Fsp3) is 0.333. The molecule has 1 atom stereocenters. The maximum absolute atomic E-state index is 11.5. The molecule has 0 heterocycles. The van der Waals surface area contributed by atoms with Crippen LogP contribution < -0.4 is 5.72 Å². The van der Waals surface area contributed by atoms with Gasteiger partial charge in [0, 0.05) is 12.0 Å². The third-order valence-corrected chi connectivity index (χ3v) is 2.86. The first-order valence-corrected chi connectivity index (χ1v) is 6.15. The number of amides is 1. The highest BCUT2D eigenvalue weighted by molar-refractivity contribution is 5.86. The van der Waals surface area contributed by atoms with E-state index in [1.54, 1.807) is 31.2 Å². The Labute approximate surface area is 121 Å². The number of benzene rings is 1. The summed E-state index contributed by atoms with van der Waals surface area (Å²) < 4.78 is 24.2. The maximum Gasteiger partial charge on any atom is 0.405 e. The first-order valence-electron chi connectivity index (χ1n) is 7.05. The minimum absolute atomic E-state index is 0.0143. The SMILES string of the molecule is [2H]N([2H])C(=O)OC(C)(CCOC(=O)C(=C)C)c1ccccc1. The minimum atomic E-state index is -1.12. The molecule has 0 aliphatic carbocycles. The van der Waals surface area contributed by atoms with Crippen LogP contribution in [0.5, 0.6) is 0 Å². The molecule has 5 nitrogen and oxygen atoms in total. The molecule has 1 unspecified atom stereocenters. The predicted octanol–water partition coefficient (Wildman–Crippen LogP) is 2.51. The lowest BCUT2D eigenvalue weighted by atomic mass is 9.92. The quantitative estimate of drug-likeness (QED) is 0.641. The maximum atomic E-state index is 11.5. The van der Waals surface area contributed by atoms with Gasteiger partial charge in [0.25, 0.3) is 0 Å². The molecular formula is C15H19NO4. The third-order valence-electron chi connectivity index (χ3n) is 2.86. The van der Waals surface area contributed by atoms with E-state index in [9.17, 15) is 9.59 Å². The van der Waals surface area contributed by atoms with Crippen LogP contribution in [0.1, 0.15) is 25.8 Å². The topological polar surface area (TPSA) is 78.6 Å². The van der Waals surface area contributed by atoms with Crippen LogP contribution in [-0.2, 0) is 19.9 Å². The summed E-state index contributed by atoms with van der Waals surface area (Å²) in [6.07, 6.45) is -0.923. The van der Waals surface area contributed by atoms with Crippen LogP contribution in [0, 0.1) is 0 Å².